The van der Waals surface area contributed by atoms with Gasteiger partial charge in [-0.15, -0.1) is 0 Å². The van der Waals surface area contributed by atoms with Crippen LogP contribution in [0, 0.1) is 19.8 Å². The molecule has 9 nitrogen and oxygen atoms in total. The molecule has 0 saturated carbocycles. The summed E-state index contributed by atoms with van der Waals surface area (Å²) in [7, 11) is 0. The minimum absolute atomic E-state index is 0.0550. The van der Waals surface area contributed by atoms with Gasteiger partial charge in [0.15, 0.2) is 5.54 Å². The third-order valence-corrected chi connectivity index (χ3v) is 7.56. The molecule has 4 atom stereocenters. The number of carbonyl (C=O) groups is 2. The second kappa shape index (κ2) is 9.79. The Morgan fingerprint density at radius 2 is 1.95 bits per heavy atom. The molecule has 5 rings (SSSR count). The number of hydrogen-bond donors (Lipinski definition) is 2. The molecule has 2 amide bonds. The predicted octanol–water partition coefficient (Wildman–Crippen LogP) is 3.50. The van der Waals surface area contributed by atoms with Crippen molar-refractivity contribution in [3.63, 3.8) is 0 Å². The number of carbonyl (C=O) groups excluding carboxylic acids is 2. The molecular formula is C29H33N5O4. The molecule has 0 spiro atoms. The van der Waals surface area contributed by atoms with Gasteiger partial charge in [0.05, 0.1) is 17.8 Å². The van der Waals surface area contributed by atoms with Gasteiger partial charge in [0, 0.05) is 36.5 Å². The number of pyridine rings is 1. The van der Waals surface area contributed by atoms with Gasteiger partial charge in [-0.1, -0.05) is 49.3 Å². The van der Waals surface area contributed by atoms with Crippen LogP contribution in [-0.2, 0) is 15.1 Å². The highest BCUT2D eigenvalue weighted by atomic mass is 16.5. The summed E-state index contributed by atoms with van der Waals surface area (Å²) in [4.78, 5) is 37.8. The molecule has 2 aliphatic heterocycles. The van der Waals surface area contributed by atoms with Crippen molar-refractivity contribution < 1.29 is 19.2 Å². The molecule has 2 unspecified atom stereocenters. The topological polar surface area (TPSA) is 121 Å². The zero-order chi connectivity index (χ0) is 27.2. The molecule has 0 aliphatic carbocycles. The Bertz CT molecular complexity index is 1400. The first-order valence-corrected chi connectivity index (χ1v) is 12.9. The van der Waals surface area contributed by atoms with Crippen molar-refractivity contribution >= 4 is 17.6 Å². The summed E-state index contributed by atoms with van der Waals surface area (Å²) in [6.07, 6.45) is 1.33. The van der Waals surface area contributed by atoms with Crippen LogP contribution in [0.5, 0.6) is 0 Å². The number of aliphatic imine (C=N–C) groups is 1. The monoisotopic (exact) mass is 515 g/mol. The van der Waals surface area contributed by atoms with Gasteiger partial charge in [0.1, 0.15) is 17.5 Å². The lowest BCUT2D eigenvalue weighted by Crippen LogP contribution is -2.48. The fourth-order valence-corrected chi connectivity index (χ4v) is 5.44. The SMILES string of the molecule is Cc1cc(C(C(=O)N2C[C@H](O)C[C@H]2C2=NC(C)(c3ccc(-c4cccnc4C)cc3)C(=O)N2)C(C)C)on1. The second-order valence-corrected chi connectivity index (χ2v) is 10.7. The third kappa shape index (κ3) is 4.51. The number of amidine groups is 1. The molecule has 1 fully saturated rings. The van der Waals surface area contributed by atoms with Gasteiger partial charge in [0.2, 0.25) is 5.91 Å². The maximum absolute atomic E-state index is 13.8. The number of nitrogens with zero attached hydrogens (tertiary/aromatic N) is 4. The highest BCUT2D eigenvalue weighted by molar-refractivity contribution is 6.11. The number of aryl methyl sites for hydroxylation is 2. The molecule has 38 heavy (non-hydrogen) atoms. The first-order valence-electron chi connectivity index (χ1n) is 12.9. The van der Waals surface area contributed by atoms with Crippen LogP contribution in [0.2, 0.25) is 0 Å². The van der Waals surface area contributed by atoms with E-state index in [1.807, 2.05) is 64.1 Å². The zero-order valence-corrected chi connectivity index (χ0v) is 22.3. The highest BCUT2D eigenvalue weighted by Gasteiger charge is 2.48. The smallest absolute Gasteiger partial charge is 0.257 e. The number of nitrogens with one attached hydrogen (secondary N) is 1. The van der Waals surface area contributed by atoms with Crippen molar-refractivity contribution in [2.24, 2.45) is 10.9 Å². The zero-order valence-electron chi connectivity index (χ0n) is 22.3. The number of hydrogen-bond acceptors (Lipinski definition) is 7. The number of rotatable bonds is 6. The number of amides is 2. The van der Waals surface area contributed by atoms with Crippen LogP contribution in [-0.4, -0.2) is 56.5 Å². The molecule has 1 aromatic carbocycles. The van der Waals surface area contributed by atoms with E-state index in [-0.39, 0.29) is 24.3 Å². The molecule has 4 heterocycles. The number of aliphatic hydroxyl groups is 1. The maximum atomic E-state index is 13.8. The number of benzene rings is 1. The Balaban J connectivity index is 1.43. The molecule has 9 heteroatoms. The van der Waals surface area contributed by atoms with E-state index >= 15 is 0 Å². The lowest BCUT2D eigenvalue weighted by Gasteiger charge is -2.29. The third-order valence-electron chi connectivity index (χ3n) is 7.56. The van der Waals surface area contributed by atoms with Crippen LogP contribution in [0.4, 0.5) is 0 Å². The van der Waals surface area contributed by atoms with E-state index in [0.29, 0.717) is 23.7 Å². The molecular weight excluding hydrogens is 482 g/mol. The van der Waals surface area contributed by atoms with Crippen molar-refractivity contribution in [1.82, 2.24) is 20.4 Å². The summed E-state index contributed by atoms with van der Waals surface area (Å²) in [6.45, 7) is 9.60. The molecule has 3 aromatic rings. The minimum atomic E-state index is -1.15. The molecule has 2 N–H and O–H groups in total. The maximum Gasteiger partial charge on any atom is 0.257 e. The first kappa shape index (κ1) is 25.8. The number of aromatic nitrogens is 2. The fourth-order valence-electron chi connectivity index (χ4n) is 5.44. The average molecular weight is 516 g/mol. The number of β-amino-alcohol motifs (C(OH)–C–C–N with tert-alkyl or cyclic N) is 1. The summed E-state index contributed by atoms with van der Waals surface area (Å²) in [5.41, 5.74) is 3.24. The fraction of sp³-hybridized carbons (Fsp3) is 0.414. The normalized spacial score (nSPS) is 24.0. The molecule has 2 aromatic heterocycles. The van der Waals surface area contributed by atoms with Gasteiger partial charge in [-0.3, -0.25) is 14.6 Å². The van der Waals surface area contributed by atoms with Crippen molar-refractivity contribution in [1.29, 1.82) is 0 Å². The largest absolute Gasteiger partial charge is 0.391 e. The minimum Gasteiger partial charge on any atom is -0.391 e. The van der Waals surface area contributed by atoms with Gasteiger partial charge < -0.3 is 19.8 Å². The lowest BCUT2D eigenvalue weighted by atomic mass is 9.91. The Hall–Kier alpha value is -3.85. The van der Waals surface area contributed by atoms with E-state index in [4.69, 9.17) is 9.52 Å². The van der Waals surface area contributed by atoms with E-state index in [2.05, 4.69) is 15.5 Å². The summed E-state index contributed by atoms with van der Waals surface area (Å²) in [5.74, 6) is -0.172. The van der Waals surface area contributed by atoms with Gasteiger partial charge in [-0.05, 0) is 43.9 Å². The molecule has 198 valence electrons. The molecule has 0 bridgehead atoms. The van der Waals surface area contributed by atoms with Crippen LogP contribution in [0.1, 0.15) is 55.8 Å². The van der Waals surface area contributed by atoms with Gasteiger partial charge in [0.25, 0.3) is 5.91 Å². The van der Waals surface area contributed by atoms with Crippen LogP contribution in [0.25, 0.3) is 11.1 Å². The summed E-state index contributed by atoms with van der Waals surface area (Å²) < 4.78 is 5.45. The van der Waals surface area contributed by atoms with Gasteiger partial charge >= 0.3 is 0 Å². The Morgan fingerprint density at radius 1 is 1.21 bits per heavy atom. The Morgan fingerprint density at radius 3 is 2.58 bits per heavy atom. The summed E-state index contributed by atoms with van der Waals surface area (Å²) in [5, 5.41) is 17.4. The number of likely N-dealkylation sites (tertiary alicyclic amines) is 1. The molecule has 0 radical (unpaired) electrons. The lowest BCUT2D eigenvalue weighted by molar-refractivity contribution is -0.134. The van der Waals surface area contributed by atoms with Crippen LogP contribution in [0.15, 0.2) is 58.2 Å². The molecule has 2 aliphatic rings. The second-order valence-electron chi connectivity index (χ2n) is 10.7. The van der Waals surface area contributed by atoms with E-state index in [0.717, 1.165) is 22.4 Å². The first-order chi connectivity index (χ1) is 18.1. The van der Waals surface area contributed by atoms with Crippen molar-refractivity contribution in [2.75, 3.05) is 6.54 Å². The highest BCUT2D eigenvalue weighted by Crippen LogP contribution is 2.35. The van der Waals surface area contributed by atoms with E-state index in [9.17, 15) is 14.7 Å². The average Bonchev–Trinajstić information content (AvgIpc) is 3.57. The van der Waals surface area contributed by atoms with Gasteiger partial charge in [-0.25, -0.2) is 4.99 Å². The van der Waals surface area contributed by atoms with Crippen LogP contribution < -0.4 is 5.32 Å². The van der Waals surface area contributed by atoms with Crippen molar-refractivity contribution in [2.45, 2.75) is 64.6 Å². The number of aliphatic hydroxyl groups excluding tert-OH is 1. The predicted molar refractivity (Wildman–Crippen MR) is 142 cm³/mol. The van der Waals surface area contributed by atoms with E-state index < -0.39 is 23.6 Å². The Kier molecular flexibility index (Phi) is 6.65. The van der Waals surface area contributed by atoms with Crippen molar-refractivity contribution in [3.05, 3.63) is 71.4 Å². The summed E-state index contributed by atoms with van der Waals surface area (Å²) >= 11 is 0. The van der Waals surface area contributed by atoms with Crippen LogP contribution in [0.3, 0.4) is 0 Å². The van der Waals surface area contributed by atoms with Crippen molar-refractivity contribution in [3.8, 4) is 11.1 Å². The summed E-state index contributed by atoms with van der Waals surface area (Å²) in [6, 6.07) is 12.9. The van der Waals surface area contributed by atoms with Crippen LogP contribution >= 0.6 is 0 Å². The van der Waals surface area contributed by atoms with E-state index in [1.165, 1.54) is 0 Å². The van der Waals surface area contributed by atoms with E-state index in [1.54, 1.807) is 24.1 Å². The quantitative estimate of drug-likeness (QED) is 0.518. The standard InChI is InChI=1S/C29H33N5O4/c1-16(2)25(24-13-17(3)33-38-24)27(36)34-15-21(35)14-23(34)26-31-28(37)29(5,32-26)20-10-8-19(9-11-20)22-7-6-12-30-18(22)4/h6-13,16,21,23,25,35H,14-15H2,1-5H3,(H,31,32,37)/t21-,23+,25?,29?/m1/s1. The Labute approximate surface area is 222 Å². The van der Waals surface area contributed by atoms with Gasteiger partial charge in [-0.2, -0.15) is 0 Å². The molecule has 1 saturated heterocycles.